The Morgan fingerprint density at radius 3 is 2.54 bits per heavy atom. The summed E-state index contributed by atoms with van der Waals surface area (Å²) in [5.74, 6) is -0.793. The Labute approximate surface area is 152 Å². The van der Waals surface area contributed by atoms with E-state index in [9.17, 15) is 14.4 Å². The number of hydrogen-bond donors (Lipinski definition) is 2. The molecular formula is C18H25N3O5. The number of carboxylic acids is 1. The summed E-state index contributed by atoms with van der Waals surface area (Å²) in [5, 5.41) is 11.5. The third-order valence-corrected chi connectivity index (χ3v) is 4.13. The van der Waals surface area contributed by atoms with E-state index in [2.05, 4.69) is 5.32 Å². The summed E-state index contributed by atoms with van der Waals surface area (Å²) in [6.07, 6.45) is 1.42. The van der Waals surface area contributed by atoms with Crippen LogP contribution in [0, 0.1) is 0 Å². The number of carboxylic acid groups (broad SMARTS) is 1. The molecule has 0 aliphatic carbocycles. The van der Waals surface area contributed by atoms with Gasteiger partial charge in [0.05, 0.1) is 0 Å². The average molecular weight is 363 g/mol. The van der Waals surface area contributed by atoms with Crippen LogP contribution >= 0.6 is 0 Å². The van der Waals surface area contributed by atoms with Crippen molar-refractivity contribution < 1.29 is 24.2 Å². The minimum Gasteiger partial charge on any atom is -0.482 e. The smallest absolute Gasteiger partial charge is 0.341 e. The molecule has 1 atom stereocenters. The summed E-state index contributed by atoms with van der Waals surface area (Å²) < 4.78 is 5.08. The lowest BCUT2D eigenvalue weighted by Gasteiger charge is -2.29. The van der Waals surface area contributed by atoms with Crippen LogP contribution in [0.5, 0.6) is 5.75 Å². The van der Waals surface area contributed by atoms with Crippen LogP contribution in [0.15, 0.2) is 24.3 Å². The Balaban J connectivity index is 2.03. The van der Waals surface area contributed by atoms with E-state index in [1.807, 2.05) is 13.8 Å². The number of carbonyl (C=O) groups excluding carboxylic acids is 2. The van der Waals surface area contributed by atoms with E-state index < -0.39 is 18.6 Å². The van der Waals surface area contributed by atoms with Gasteiger partial charge < -0.3 is 25.0 Å². The quantitative estimate of drug-likeness (QED) is 0.801. The summed E-state index contributed by atoms with van der Waals surface area (Å²) in [6.45, 7) is 3.90. The van der Waals surface area contributed by atoms with E-state index in [0.717, 1.165) is 6.42 Å². The highest BCUT2D eigenvalue weighted by Gasteiger charge is 2.36. The number of aliphatic carboxylic acids is 1. The number of carbonyl (C=O) groups is 3. The maximum Gasteiger partial charge on any atom is 0.341 e. The number of rotatable bonds is 6. The SMILES string of the molecule is CC(C)NC(=O)N1CCC[C@H]1C(=O)N(C)c1ccc(OCC(=O)O)cc1. The van der Waals surface area contributed by atoms with Gasteiger partial charge in [-0.1, -0.05) is 0 Å². The number of urea groups is 1. The van der Waals surface area contributed by atoms with E-state index >= 15 is 0 Å². The van der Waals surface area contributed by atoms with Crippen molar-refractivity contribution in [3.63, 3.8) is 0 Å². The van der Waals surface area contributed by atoms with Gasteiger partial charge in [-0.05, 0) is 51.0 Å². The second-order valence-corrected chi connectivity index (χ2v) is 6.53. The highest BCUT2D eigenvalue weighted by atomic mass is 16.5. The van der Waals surface area contributed by atoms with Gasteiger partial charge >= 0.3 is 12.0 Å². The lowest BCUT2D eigenvalue weighted by molar-refractivity contribution is -0.139. The standard InChI is InChI=1S/C18H25N3O5/c1-12(2)19-18(25)21-10-4-5-15(21)17(24)20(3)13-6-8-14(9-7-13)26-11-16(22)23/h6-9,12,15H,4-5,10-11H2,1-3H3,(H,19,25)(H,22,23)/t15-/m0/s1. The summed E-state index contributed by atoms with van der Waals surface area (Å²) in [7, 11) is 1.66. The van der Waals surface area contributed by atoms with E-state index in [4.69, 9.17) is 9.84 Å². The summed E-state index contributed by atoms with van der Waals surface area (Å²) in [6, 6.07) is 5.89. The molecule has 0 aromatic heterocycles. The summed E-state index contributed by atoms with van der Waals surface area (Å²) >= 11 is 0. The van der Waals surface area contributed by atoms with Gasteiger partial charge in [-0.2, -0.15) is 0 Å². The first kappa shape index (κ1) is 19.6. The van der Waals surface area contributed by atoms with Crippen molar-refractivity contribution in [2.24, 2.45) is 0 Å². The molecule has 8 nitrogen and oxygen atoms in total. The van der Waals surface area contributed by atoms with Crippen LogP contribution < -0.4 is 15.0 Å². The number of nitrogens with one attached hydrogen (secondary N) is 1. The average Bonchev–Trinajstić information content (AvgIpc) is 3.08. The largest absolute Gasteiger partial charge is 0.482 e. The molecule has 0 bridgehead atoms. The summed E-state index contributed by atoms with van der Waals surface area (Å²) in [5.41, 5.74) is 0.647. The first-order valence-electron chi connectivity index (χ1n) is 8.59. The molecule has 1 aliphatic rings. The third kappa shape index (κ3) is 4.87. The third-order valence-electron chi connectivity index (χ3n) is 4.13. The maximum atomic E-state index is 12.8. The molecule has 8 heteroatoms. The van der Waals surface area contributed by atoms with Gasteiger partial charge in [0.25, 0.3) is 0 Å². The molecule has 2 rings (SSSR count). The Kier molecular flexibility index (Phi) is 6.43. The predicted molar refractivity (Wildman–Crippen MR) is 96.4 cm³/mol. The molecule has 0 radical (unpaired) electrons. The highest BCUT2D eigenvalue weighted by molar-refractivity contribution is 5.99. The molecule has 2 N–H and O–H groups in total. The van der Waals surface area contributed by atoms with Gasteiger partial charge in [0.1, 0.15) is 11.8 Å². The Bertz CT molecular complexity index is 659. The normalized spacial score (nSPS) is 16.5. The van der Waals surface area contributed by atoms with E-state index in [-0.39, 0.29) is 18.0 Å². The zero-order valence-electron chi connectivity index (χ0n) is 15.3. The highest BCUT2D eigenvalue weighted by Crippen LogP contribution is 2.24. The van der Waals surface area contributed by atoms with Crippen LogP contribution in [-0.4, -0.2) is 60.2 Å². The van der Waals surface area contributed by atoms with Crippen LogP contribution in [0.4, 0.5) is 10.5 Å². The first-order valence-corrected chi connectivity index (χ1v) is 8.59. The Morgan fingerprint density at radius 1 is 1.31 bits per heavy atom. The number of ether oxygens (including phenoxy) is 1. The zero-order valence-corrected chi connectivity index (χ0v) is 15.3. The molecule has 0 saturated carbocycles. The van der Waals surface area contributed by atoms with Gasteiger partial charge in [-0.25, -0.2) is 9.59 Å². The second-order valence-electron chi connectivity index (χ2n) is 6.53. The monoisotopic (exact) mass is 363 g/mol. The van der Waals surface area contributed by atoms with Crippen molar-refractivity contribution >= 4 is 23.6 Å². The molecule has 1 aromatic rings. The fourth-order valence-electron chi connectivity index (χ4n) is 2.86. The van der Waals surface area contributed by atoms with Crippen LogP contribution in [0.3, 0.4) is 0 Å². The Hall–Kier alpha value is -2.77. The topological polar surface area (TPSA) is 99.2 Å². The van der Waals surface area contributed by atoms with Crippen molar-refractivity contribution in [3.05, 3.63) is 24.3 Å². The lowest BCUT2D eigenvalue weighted by Crippen LogP contribution is -2.51. The van der Waals surface area contributed by atoms with Crippen molar-refractivity contribution in [2.45, 2.75) is 38.8 Å². The fourth-order valence-corrected chi connectivity index (χ4v) is 2.86. The molecule has 1 heterocycles. The minimum absolute atomic E-state index is 0.00919. The molecule has 26 heavy (non-hydrogen) atoms. The Morgan fingerprint density at radius 2 is 1.96 bits per heavy atom. The van der Waals surface area contributed by atoms with Crippen molar-refractivity contribution in [3.8, 4) is 5.75 Å². The fraction of sp³-hybridized carbons (Fsp3) is 0.500. The molecule has 0 unspecified atom stereocenters. The predicted octanol–water partition coefficient (Wildman–Crippen LogP) is 1.70. The molecule has 3 amide bonds. The number of hydrogen-bond acceptors (Lipinski definition) is 4. The molecule has 1 fully saturated rings. The molecule has 1 saturated heterocycles. The van der Waals surface area contributed by atoms with Crippen LogP contribution in [0.2, 0.25) is 0 Å². The van der Waals surface area contributed by atoms with E-state index in [0.29, 0.717) is 24.4 Å². The van der Waals surface area contributed by atoms with Gasteiger partial charge in [-0.3, -0.25) is 4.79 Å². The van der Waals surface area contributed by atoms with Crippen LogP contribution in [0.1, 0.15) is 26.7 Å². The zero-order chi connectivity index (χ0) is 19.3. The van der Waals surface area contributed by atoms with E-state index in [1.165, 1.54) is 4.90 Å². The van der Waals surface area contributed by atoms with Crippen LogP contribution in [-0.2, 0) is 9.59 Å². The van der Waals surface area contributed by atoms with E-state index in [1.54, 1.807) is 36.2 Å². The number of likely N-dealkylation sites (N-methyl/N-ethyl adjacent to an activating group) is 1. The molecule has 1 aromatic carbocycles. The lowest BCUT2D eigenvalue weighted by atomic mass is 10.2. The van der Waals surface area contributed by atoms with Crippen molar-refractivity contribution in [2.75, 3.05) is 25.1 Å². The number of amides is 3. The van der Waals surface area contributed by atoms with Gasteiger partial charge in [-0.15, -0.1) is 0 Å². The number of likely N-dealkylation sites (tertiary alicyclic amines) is 1. The number of anilines is 1. The molecule has 142 valence electrons. The molecular weight excluding hydrogens is 338 g/mol. The molecule has 1 aliphatic heterocycles. The van der Waals surface area contributed by atoms with Gasteiger partial charge in [0.15, 0.2) is 6.61 Å². The van der Waals surface area contributed by atoms with Crippen molar-refractivity contribution in [1.29, 1.82) is 0 Å². The minimum atomic E-state index is -1.05. The second kappa shape index (κ2) is 8.55. The maximum absolute atomic E-state index is 12.8. The van der Waals surface area contributed by atoms with Crippen LogP contribution in [0.25, 0.3) is 0 Å². The summed E-state index contributed by atoms with van der Waals surface area (Å²) in [4.78, 5) is 38.7. The first-order chi connectivity index (χ1) is 12.3. The van der Waals surface area contributed by atoms with Gasteiger partial charge in [0, 0.05) is 25.3 Å². The van der Waals surface area contributed by atoms with Gasteiger partial charge in [0.2, 0.25) is 5.91 Å². The van der Waals surface area contributed by atoms with Crippen molar-refractivity contribution in [1.82, 2.24) is 10.2 Å². The molecule has 0 spiro atoms. The number of nitrogens with zero attached hydrogens (tertiary/aromatic N) is 2. The number of benzene rings is 1.